The number of amides is 1. The van der Waals surface area contributed by atoms with Crippen molar-refractivity contribution < 1.29 is 14.3 Å². The second kappa shape index (κ2) is 11.8. The summed E-state index contributed by atoms with van der Waals surface area (Å²) in [5.74, 6) is 0.0161. The van der Waals surface area contributed by atoms with Gasteiger partial charge < -0.3 is 10.1 Å². The fourth-order valence-electron chi connectivity index (χ4n) is 4.64. The number of rotatable bonds is 8. The highest BCUT2D eigenvalue weighted by molar-refractivity contribution is 14.1. The van der Waals surface area contributed by atoms with E-state index in [1.807, 2.05) is 60.7 Å². The van der Waals surface area contributed by atoms with E-state index in [1.165, 1.54) is 22.3 Å². The second-order valence-electron chi connectivity index (χ2n) is 8.58. The van der Waals surface area contributed by atoms with Crippen LogP contribution in [-0.4, -0.2) is 19.0 Å². The number of benzene rings is 4. The Kier molecular flexibility index (Phi) is 8.32. The molecule has 0 fully saturated rings. The lowest BCUT2D eigenvalue weighted by molar-refractivity contribution is 0.112. The van der Waals surface area contributed by atoms with Crippen LogP contribution < -0.4 is 5.32 Å². The molecule has 1 aliphatic carbocycles. The van der Waals surface area contributed by atoms with Gasteiger partial charge >= 0.3 is 6.09 Å². The maximum absolute atomic E-state index is 12.8. The third-order valence-electron chi connectivity index (χ3n) is 6.44. The maximum Gasteiger partial charge on any atom is 0.407 e. The molecule has 4 aromatic rings. The van der Waals surface area contributed by atoms with Crippen LogP contribution in [-0.2, 0) is 15.7 Å². The van der Waals surface area contributed by atoms with Gasteiger partial charge in [0.05, 0.1) is 0 Å². The number of hydrogen-bond acceptors (Lipinski definition) is 4. The zero-order valence-corrected chi connectivity index (χ0v) is 24.3. The second-order valence-corrected chi connectivity index (χ2v) is 11.3. The minimum absolute atomic E-state index is 0.0161. The number of alkyl halides is 1. The molecule has 1 aliphatic rings. The zero-order valence-electron chi connectivity index (χ0n) is 19.7. The standard InChI is InChI=1S/C30H23BrINO3S/c31-27-14-13-19(29(25(27)15-32)37-28-12-6-1-7-20(28)17-34)16-33-30(35)36-18-26-23-10-4-2-8-21(23)22-9-3-5-11-24(22)26/h1-14,17,26H,15-16,18H2,(H,33,35). The normalized spacial score (nSPS) is 12.1. The van der Waals surface area contributed by atoms with E-state index in [2.05, 4.69) is 68.1 Å². The van der Waals surface area contributed by atoms with Crippen molar-refractivity contribution in [1.82, 2.24) is 5.32 Å². The molecule has 0 aromatic heterocycles. The first kappa shape index (κ1) is 26.0. The van der Waals surface area contributed by atoms with Crippen LogP contribution in [0.25, 0.3) is 11.1 Å². The highest BCUT2D eigenvalue weighted by atomic mass is 127. The third kappa shape index (κ3) is 5.49. The Morgan fingerprint density at radius 1 is 0.946 bits per heavy atom. The van der Waals surface area contributed by atoms with Gasteiger partial charge in [0.2, 0.25) is 0 Å². The lowest BCUT2D eigenvalue weighted by Crippen LogP contribution is -2.26. The van der Waals surface area contributed by atoms with Crippen LogP contribution in [0.4, 0.5) is 4.79 Å². The quantitative estimate of drug-likeness (QED) is 0.115. The summed E-state index contributed by atoms with van der Waals surface area (Å²) in [7, 11) is 0. The van der Waals surface area contributed by atoms with Crippen molar-refractivity contribution in [3.63, 3.8) is 0 Å². The van der Waals surface area contributed by atoms with Crippen molar-refractivity contribution >= 4 is 62.7 Å². The van der Waals surface area contributed by atoms with Gasteiger partial charge in [-0.2, -0.15) is 0 Å². The van der Waals surface area contributed by atoms with Gasteiger partial charge in [-0.1, -0.05) is 123 Å². The first-order valence-electron chi connectivity index (χ1n) is 11.8. The molecule has 0 radical (unpaired) electrons. The van der Waals surface area contributed by atoms with Crippen LogP contribution in [0.3, 0.4) is 0 Å². The van der Waals surface area contributed by atoms with E-state index in [0.717, 1.165) is 36.1 Å². The summed E-state index contributed by atoms with van der Waals surface area (Å²) in [6.07, 6.45) is 0.420. The number of nitrogens with one attached hydrogen (secondary N) is 1. The lowest BCUT2D eigenvalue weighted by atomic mass is 9.98. The van der Waals surface area contributed by atoms with Gasteiger partial charge in [0, 0.05) is 36.7 Å². The smallest absolute Gasteiger partial charge is 0.407 e. The molecule has 0 aliphatic heterocycles. The summed E-state index contributed by atoms with van der Waals surface area (Å²) in [4.78, 5) is 26.3. The molecule has 1 N–H and O–H groups in total. The van der Waals surface area contributed by atoms with Crippen LogP contribution in [0.5, 0.6) is 0 Å². The number of carbonyl (C=O) groups is 2. The van der Waals surface area contributed by atoms with Crippen molar-refractivity contribution in [3.05, 3.63) is 117 Å². The van der Waals surface area contributed by atoms with Gasteiger partial charge in [-0.3, -0.25) is 4.79 Å². The van der Waals surface area contributed by atoms with Crippen LogP contribution in [0, 0.1) is 0 Å². The van der Waals surface area contributed by atoms with Crippen molar-refractivity contribution in [2.75, 3.05) is 6.61 Å². The predicted molar refractivity (Wildman–Crippen MR) is 160 cm³/mol. The fraction of sp³-hybridized carbons (Fsp3) is 0.133. The Morgan fingerprint density at radius 2 is 1.59 bits per heavy atom. The van der Waals surface area contributed by atoms with Gasteiger partial charge in [-0.25, -0.2) is 4.79 Å². The van der Waals surface area contributed by atoms with Gasteiger partial charge in [0.1, 0.15) is 6.61 Å². The Balaban J connectivity index is 1.31. The third-order valence-corrected chi connectivity index (χ3v) is 9.25. The molecule has 4 nitrogen and oxygen atoms in total. The molecule has 186 valence electrons. The minimum atomic E-state index is -0.454. The molecule has 0 saturated carbocycles. The average molecular weight is 684 g/mol. The number of fused-ring (bicyclic) bond motifs is 3. The molecule has 4 aromatic carbocycles. The first-order chi connectivity index (χ1) is 18.1. The molecule has 0 unspecified atom stereocenters. The van der Waals surface area contributed by atoms with Gasteiger partial charge in [-0.15, -0.1) is 0 Å². The summed E-state index contributed by atoms with van der Waals surface area (Å²) in [5.41, 5.74) is 7.50. The summed E-state index contributed by atoms with van der Waals surface area (Å²) in [6, 6.07) is 28.1. The summed E-state index contributed by atoms with van der Waals surface area (Å²) in [6.45, 7) is 0.590. The Morgan fingerprint density at radius 3 is 2.27 bits per heavy atom. The van der Waals surface area contributed by atoms with Crippen molar-refractivity contribution in [1.29, 1.82) is 0 Å². The maximum atomic E-state index is 12.8. The summed E-state index contributed by atoms with van der Waals surface area (Å²) in [5, 5.41) is 2.93. The number of alkyl carbamates (subject to hydrolysis) is 1. The largest absolute Gasteiger partial charge is 0.449 e. The van der Waals surface area contributed by atoms with Gasteiger partial charge in [0.15, 0.2) is 6.29 Å². The molecule has 5 rings (SSSR count). The molecule has 0 heterocycles. The lowest BCUT2D eigenvalue weighted by Gasteiger charge is -2.17. The van der Waals surface area contributed by atoms with E-state index in [9.17, 15) is 9.59 Å². The highest BCUT2D eigenvalue weighted by Gasteiger charge is 2.29. The van der Waals surface area contributed by atoms with Crippen molar-refractivity contribution in [3.8, 4) is 11.1 Å². The number of hydrogen-bond donors (Lipinski definition) is 1. The van der Waals surface area contributed by atoms with E-state index < -0.39 is 6.09 Å². The first-order valence-corrected chi connectivity index (χ1v) is 14.9. The molecule has 0 bridgehead atoms. The van der Waals surface area contributed by atoms with Gasteiger partial charge in [-0.05, 0) is 45.5 Å². The van der Waals surface area contributed by atoms with E-state index in [0.29, 0.717) is 12.1 Å². The molecule has 1 amide bonds. The molecule has 0 atom stereocenters. The number of carbonyl (C=O) groups excluding carboxylic acids is 2. The predicted octanol–water partition coefficient (Wildman–Crippen LogP) is 8.39. The number of halogens is 2. The molecule has 0 spiro atoms. The topological polar surface area (TPSA) is 55.4 Å². The van der Waals surface area contributed by atoms with E-state index in [1.54, 1.807) is 11.8 Å². The number of ether oxygens (including phenoxy) is 1. The van der Waals surface area contributed by atoms with E-state index >= 15 is 0 Å². The molecular formula is C30H23BrINO3S. The van der Waals surface area contributed by atoms with Crippen LogP contribution in [0.2, 0.25) is 0 Å². The molecule has 0 saturated heterocycles. The SMILES string of the molecule is O=Cc1ccccc1Sc1c(CNC(=O)OCC2c3ccccc3-c3ccccc32)ccc(Br)c1CI. The van der Waals surface area contributed by atoms with E-state index in [-0.39, 0.29) is 12.5 Å². The number of aldehydes is 1. The van der Waals surface area contributed by atoms with Crippen LogP contribution in [0.1, 0.15) is 38.5 Å². The summed E-state index contributed by atoms with van der Waals surface area (Å²) >= 11 is 7.54. The Hall–Kier alpha value is -2.62. The molecule has 7 heteroatoms. The van der Waals surface area contributed by atoms with E-state index in [4.69, 9.17) is 4.74 Å². The monoisotopic (exact) mass is 683 g/mol. The van der Waals surface area contributed by atoms with Crippen molar-refractivity contribution in [2.24, 2.45) is 0 Å². The molecular weight excluding hydrogens is 661 g/mol. The van der Waals surface area contributed by atoms with Crippen molar-refractivity contribution in [2.45, 2.75) is 26.7 Å². The fourth-order valence-corrected chi connectivity index (χ4v) is 8.00. The zero-order chi connectivity index (χ0) is 25.8. The Labute approximate surface area is 242 Å². The van der Waals surface area contributed by atoms with Gasteiger partial charge in [0.25, 0.3) is 0 Å². The minimum Gasteiger partial charge on any atom is -0.449 e. The Bertz CT molecular complexity index is 1430. The molecule has 37 heavy (non-hydrogen) atoms. The highest BCUT2D eigenvalue weighted by Crippen LogP contribution is 2.44. The average Bonchev–Trinajstić information content (AvgIpc) is 3.25. The summed E-state index contributed by atoms with van der Waals surface area (Å²) < 4.78 is 7.50. The van der Waals surface area contributed by atoms with Crippen LogP contribution >= 0.6 is 50.3 Å². The van der Waals surface area contributed by atoms with Crippen LogP contribution in [0.15, 0.2) is 99.2 Å².